The summed E-state index contributed by atoms with van der Waals surface area (Å²) < 4.78 is 5.76. The highest BCUT2D eigenvalue weighted by atomic mass is 35.5. The Balaban J connectivity index is 2.11. The molecule has 24 heavy (non-hydrogen) atoms. The predicted octanol–water partition coefficient (Wildman–Crippen LogP) is 5.45. The van der Waals surface area contributed by atoms with Crippen molar-refractivity contribution in [1.82, 2.24) is 0 Å². The van der Waals surface area contributed by atoms with Gasteiger partial charge in [-0.25, -0.2) is 0 Å². The summed E-state index contributed by atoms with van der Waals surface area (Å²) in [5.74, 6) is -0.266. The zero-order chi connectivity index (χ0) is 17.5. The van der Waals surface area contributed by atoms with Crippen molar-refractivity contribution >= 4 is 23.3 Å². The van der Waals surface area contributed by atoms with Gasteiger partial charge >= 0.3 is 5.97 Å². The second-order valence-corrected chi connectivity index (χ2v) is 7.47. The van der Waals surface area contributed by atoms with E-state index < -0.39 is 0 Å². The van der Waals surface area contributed by atoms with Gasteiger partial charge in [-0.2, -0.15) is 0 Å². The molecule has 2 aromatic rings. The first-order valence-electron chi connectivity index (χ1n) is 8.09. The summed E-state index contributed by atoms with van der Waals surface area (Å²) in [6.07, 6.45) is -0.313. The average molecular weight is 344 g/mol. The first-order chi connectivity index (χ1) is 11.3. The van der Waals surface area contributed by atoms with Crippen LogP contribution in [0.25, 0.3) is 0 Å². The van der Waals surface area contributed by atoms with Gasteiger partial charge < -0.3 is 10.1 Å². The molecule has 2 atom stereocenters. The third kappa shape index (κ3) is 3.01. The standard InChI is InChI=1S/C20H22ClNO2/c1-12-5-10-17-16(11-12)19(24-13(2)23)20(3,4)18(22-17)14-6-8-15(21)9-7-14/h5-11,18-19,22H,1-4H3/t18-,19-/m1/s1. The summed E-state index contributed by atoms with van der Waals surface area (Å²) in [6.45, 7) is 7.75. The van der Waals surface area contributed by atoms with Crippen molar-refractivity contribution in [1.29, 1.82) is 0 Å². The fourth-order valence-corrected chi connectivity index (χ4v) is 3.60. The SMILES string of the molecule is CC(=O)O[C@@H]1c2cc(C)ccc2N[C@H](c2ccc(Cl)cc2)C1(C)C. The van der Waals surface area contributed by atoms with Gasteiger partial charge in [-0.15, -0.1) is 0 Å². The number of halogens is 1. The van der Waals surface area contributed by atoms with Crippen LogP contribution in [0.15, 0.2) is 42.5 Å². The molecule has 1 heterocycles. The molecule has 0 aromatic heterocycles. The van der Waals surface area contributed by atoms with Gasteiger partial charge in [0.05, 0.1) is 6.04 Å². The van der Waals surface area contributed by atoms with Crippen LogP contribution in [-0.2, 0) is 9.53 Å². The first kappa shape index (κ1) is 16.8. The van der Waals surface area contributed by atoms with Gasteiger partial charge in [0, 0.05) is 28.6 Å². The summed E-state index contributed by atoms with van der Waals surface area (Å²) in [6, 6.07) is 14.0. The van der Waals surface area contributed by atoms with Gasteiger partial charge in [-0.05, 0) is 30.7 Å². The number of aryl methyl sites for hydroxylation is 1. The third-order valence-corrected chi connectivity index (χ3v) is 4.95. The van der Waals surface area contributed by atoms with Gasteiger partial charge in [0.25, 0.3) is 0 Å². The number of nitrogens with one attached hydrogen (secondary N) is 1. The fourth-order valence-electron chi connectivity index (χ4n) is 3.47. The molecule has 0 saturated heterocycles. The van der Waals surface area contributed by atoms with Crippen LogP contribution >= 0.6 is 11.6 Å². The Morgan fingerprint density at radius 2 is 1.83 bits per heavy atom. The molecule has 4 heteroatoms. The maximum absolute atomic E-state index is 11.7. The molecular formula is C20H22ClNO2. The molecule has 2 aromatic carbocycles. The number of rotatable bonds is 2. The van der Waals surface area contributed by atoms with Crippen LogP contribution < -0.4 is 5.32 Å². The summed E-state index contributed by atoms with van der Waals surface area (Å²) in [5.41, 5.74) is 3.98. The topological polar surface area (TPSA) is 38.3 Å². The highest BCUT2D eigenvalue weighted by Gasteiger charge is 2.46. The van der Waals surface area contributed by atoms with Crippen molar-refractivity contribution in [3.05, 3.63) is 64.2 Å². The highest BCUT2D eigenvalue weighted by molar-refractivity contribution is 6.30. The van der Waals surface area contributed by atoms with Crippen LogP contribution in [0.4, 0.5) is 5.69 Å². The monoisotopic (exact) mass is 343 g/mol. The van der Waals surface area contributed by atoms with E-state index in [2.05, 4.69) is 37.4 Å². The molecule has 0 amide bonds. The van der Waals surface area contributed by atoms with E-state index in [1.807, 2.05) is 31.2 Å². The van der Waals surface area contributed by atoms with Crippen molar-refractivity contribution in [2.45, 2.75) is 39.8 Å². The van der Waals surface area contributed by atoms with Crippen molar-refractivity contribution in [3.8, 4) is 0 Å². The van der Waals surface area contributed by atoms with Gasteiger partial charge in [0.15, 0.2) is 0 Å². The Bertz CT molecular complexity index is 768. The predicted molar refractivity (Wildman–Crippen MR) is 97.3 cm³/mol. The number of benzene rings is 2. The molecule has 1 aliphatic rings. The number of fused-ring (bicyclic) bond motifs is 1. The molecule has 3 rings (SSSR count). The smallest absolute Gasteiger partial charge is 0.303 e. The number of hydrogen-bond donors (Lipinski definition) is 1. The molecular weight excluding hydrogens is 322 g/mol. The Morgan fingerprint density at radius 1 is 1.17 bits per heavy atom. The zero-order valence-electron chi connectivity index (χ0n) is 14.4. The summed E-state index contributed by atoms with van der Waals surface area (Å²) >= 11 is 6.03. The van der Waals surface area contributed by atoms with E-state index in [4.69, 9.17) is 16.3 Å². The third-order valence-electron chi connectivity index (χ3n) is 4.70. The Labute approximate surface area is 148 Å². The van der Waals surface area contributed by atoms with Crippen LogP contribution in [0.5, 0.6) is 0 Å². The molecule has 0 aliphatic carbocycles. The first-order valence-corrected chi connectivity index (χ1v) is 8.46. The van der Waals surface area contributed by atoms with Gasteiger partial charge in [0.2, 0.25) is 0 Å². The average Bonchev–Trinajstić information content (AvgIpc) is 2.51. The summed E-state index contributed by atoms with van der Waals surface area (Å²) in [7, 11) is 0. The molecule has 0 fully saturated rings. The molecule has 0 radical (unpaired) electrons. The van der Waals surface area contributed by atoms with Crippen LogP contribution in [0.1, 0.15) is 49.6 Å². The van der Waals surface area contributed by atoms with E-state index in [0.717, 1.165) is 22.4 Å². The molecule has 0 unspecified atom stereocenters. The molecule has 1 aliphatic heterocycles. The Hall–Kier alpha value is -2.00. The number of esters is 1. The van der Waals surface area contributed by atoms with Gasteiger partial charge in [-0.3, -0.25) is 4.79 Å². The number of carbonyl (C=O) groups is 1. The normalized spacial score (nSPS) is 21.5. The molecule has 0 spiro atoms. The lowest BCUT2D eigenvalue weighted by molar-refractivity contribution is -0.154. The number of anilines is 1. The quantitative estimate of drug-likeness (QED) is 0.737. The largest absolute Gasteiger partial charge is 0.457 e. The fraction of sp³-hybridized carbons (Fsp3) is 0.350. The van der Waals surface area contributed by atoms with Crippen LogP contribution in [-0.4, -0.2) is 5.97 Å². The lowest BCUT2D eigenvalue weighted by Crippen LogP contribution is -2.40. The number of carbonyl (C=O) groups excluding carboxylic acids is 1. The molecule has 3 nitrogen and oxygen atoms in total. The van der Waals surface area contributed by atoms with E-state index in [0.29, 0.717) is 5.02 Å². The van der Waals surface area contributed by atoms with E-state index in [9.17, 15) is 4.79 Å². The summed E-state index contributed by atoms with van der Waals surface area (Å²) in [5, 5.41) is 4.33. The zero-order valence-corrected chi connectivity index (χ0v) is 15.1. The molecule has 0 bridgehead atoms. The molecule has 126 valence electrons. The van der Waals surface area contributed by atoms with Crippen molar-refractivity contribution < 1.29 is 9.53 Å². The Kier molecular flexibility index (Phi) is 4.31. The van der Waals surface area contributed by atoms with Crippen molar-refractivity contribution in [3.63, 3.8) is 0 Å². The lowest BCUT2D eigenvalue weighted by Gasteiger charge is -2.46. The van der Waals surface area contributed by atoms with Crippen LogP contribution in [0, 0.1) is 12.3 Å². The summed E-state index contributed by atoms with van der Waals surface area (Å²) in [4.78, 5) is 11.7. The number of ether oxygens (including phenoxy) is 1. The van der Waals surface area contributed by atoms with Gasteiger partial charge in [-0.1, -0.05) is 55.3 Å². The van der Waals surface area contributed by atoms with Crippen LogP contribution in [0.3, 0.4) is 0 Å². The number of hydrogen-bond acceptors (Lipinski definition) is 3. The van der Waals surface area contributed by atoms with Crippen molar-refractivity contribution in [2.24, 2.45) is 5.41 Å². The second kappa shape index (κ2) is 6.14. The van der Waals surface area contributed by atoms with Crippen LogP contribution in [0.2, 0.25) is 5.02 Å². The minimum absolute atomic E-state index is 0.00863. The van der Waals surface area contributed by atoms with E-state index in [1.54, 1.807) is 0 Å². The van der Waals surface area contributed by atoms with E-state index in [-0.39, 0.29) is 23.5 Å². The highest BCUT2D eigenvalue weighted by Crippen LogP contribution is 2.53. The maximum atomic E-state index is 11.7. The Morgan fingerprint density at radius 3 is 2.46 bits per heavy atom. The molecule has 1 N–H and O–H groups in total. The molecule has 0 saturated carbocycles. The second-order valence-electron chi connectivity index (χ2n) is 7.03. The van der Waals surface area contributed by atoms with E-state index >= 15 is 0 Å². The van der Waals surface area contributed by atoms with Crippen molar-refractivity contribution in [2.75, 3.05) is 5.32 Å². The van der Waals surface area contributed by atoms with Gasteiger partial charge in [0.1, 0.15) is 6.10 Å². The lowest BCUT2D eigenvalue weighted by atomic mass is 9.70. The minimum atomic E-state index is -0.319. The minimum Gasteiger partial charge on any atom is -0.457 e. The maximum Gasteiger partial charge on any atom is 0.303 e. The van der Waals surface area contributed by atoms with E-state index in [1.165, 1.54) is 6.92 Å².